The van der Waals surface area contributed by atoms with Crippen molar-refractivity contribution in [1.29, 1.82) is 0 Å². The van der Waals surface area contributed by atoms with E-state index in [-0.39, 0.29) is 12.4 Å². The van der Waals surface area contributed by atoms with Gasteiger partial charge in [0.15, 0.2) is 5.78 Å². The summed E-state index contributed by atoms with van der Waals surface area (Å²) in [5, 5.41) is 3.30. The largest absolute Gasteiger partial charge is 0.455 e. The quantitative estimate of drug-likeness (QED) is 0.888. The molecular formula is C15H23N3O2. The molecule has 5 heteroatoms. The van der Waals surface area contributed by atoms with E-state index in [1.54, 1.807) is 0 Å². The van der Waals surface area contributed by atoms with Crippen LogP contribution in [0, 0.1) is 26.7 Å². The molecule has 0 radical (unpaired) electrons. The maximum Gasteiger partial charge on any atom is 0.317 e. The lowest BCUT2D eigenvalue weighted by atomic mass is 9.93. The van der Waals surface area contributed by atoms with Crippen LogP contribution in [0.5, 0.6) is 6.01 Å². The zero-order valence-corrected chi connectivity index (χ0v) is 12.5. The van der Waals surface area contributed by atoms with E-state index in [4.69, 9.17) is 4.74 Å². The highest BCUT2D eigenvalue weighted by atomic mass is 16.5. The predicted molar refractivity (Wildman–Crippen MR) is 77.0 cm³/mol. The van der Waals surface area contributed by atoms with Gasteiger partial charge in [-0.1, -0.05) is 0 Å². The number of ketones is 1. The fraction of sp³-hybridized carbons (Fsp3) is 0.667. The third-order valence-electron chi connectivity index (χ3n) is 3.95. The molecule has 20 heavy (non-hydrogen) atoms. The molecule has 1 saturated heterocycles. The Hall–Kier alpha value is -1.49. The van der Waals surface area contributed by atoms with E-state index >= 15 is 0 Å². The number of rotatable bonds is 5. The predicted octanol–water partition coefficient (Wildman–Crippen LogP) is 1.74. The molecule has 1 aromatic heterocycles. The highest BCUT2D eigenvalue weighted by Crippen LogP contribution is 2.17. The molecule has 0 saturated carbocycles. The van der Waals surface area contributed by atoms with Gasteiger partial charge in [0.1, 0.15) is 6.61 Å². The van der Waals surface area contributed by atoms with Crippen LogP contribution in [0.1, 0.15) is 36.2 Å². The molecule has 0 amide bonds. The molecule has 0 atom stereocenters. The molecule has 110 valence electrons. The number of nitrogens with zero attached hydrogens (tertiary/aromatic N) is 2. The molecule has 1 fully saturated rings. The van der Waals surface area contributed by atoms with Gasteiger partial charge in [-0.3, -0.25) is 4.79 Å². The van der Waals surface area contributed by atoms with E-state index in [1.807, 2.05) is 20.8 Å². The van der Waals surface area contributed by atoms with Crippen molar-refractivity contribution in [2.45, 2.75) is 40.0 Å². The summed E-state index contributed by atoms with van der Waals surface area (Å²) >= 11 is 0. The van der Waals surface area contributed by atoms with Crippen LogP contribution in [-0.4, -0.2) is 35.4 Å². The van der Waals surface area contributed by atoms with Gasteiger partial charge in [0.05, 0.1) is 0 Å². The van der Waals surface area contributed by atoms with E-state index in [9.17, 15) is 4.79 Å². The van der Waals surface area contributed by atoms with Crippen molar-refractivity contribution in [2.75, 3.05) is 19.7 Å². The lowest BCUT2D eigenvalue weighted by molar-refractivity contribution is -0.122. The Bertz CT molecular complexity index is 459. The molecule has 2 heterocycles. The standard InChI is InChI=1S/C15H23N3O2/c1-10-11(2)17-15(18-12(10)3)20-9-14(19)8-13-4-6-16-7-5-13/h13,16H,4-9H2,1-3H3. The van der Waals surface area contributed by atoms with Gasteiger partial charge in [-0.2, -0.15) is 0 Å². The summed E-state index contributed by atoms with van der Waals surface area (Å²) in [5.74, 6) is 0.631. The number of ether oxygens (including phenoxy) is 1. The SMILES string of the molecule is Cc1nc(OCC(=O)CC2CCNCC2)nc(C)c1C. The maximum atomic E-state index is 11.9. The molecule has 1 N–H and O–H groups in total. The maximum absolute atomic E-state index is 11.9. The molecule has 2 rings (SSSR count). The van der Waals surface area contributed by atoms with Crippen LogP contribution in [0.2, 0.25) is 0 Å². The van der Waals surface area contributed by atoms with Crippen LogP contribution < -0.4 is 10.1 Å². The van der Waals surface area contributed by atoms with Crippen molar-refractivity contribution in [3.8, 4) is 6.01 Å². The first-order valence-corrected chi connectivity index (χ1v) is 7.23. The average Bonchev–Trinajstić information content (AvgIpc) is 2.43. The molecular weight excluding hydrogens is 254 g/mol. The van der Waals surface area contributed by atoms with Crippen molar-refractivity contribution < 1.29 is 9.53 Å². The summed E-state index contributed by atoms with van der Waals surface area (Å²) in [5.41, 5.74) is 2.87. The first-order chi connectivity index (χ1) is 9.56. The minimum Gasteiger partial charge on any atom is -0.455 e. The topological polar surface area (TPSA) is 64.1 Å². The second-order valence-electron chi connectivity index (χ2n) is 5.53. The molecule has 1 aromatic rings. The Morgan fingerprint density at radius 3 is 2.40 bits per heavy atom. The van der Waals surface area contributed by atoms with Gasteiger partial charge in [0, 0.05) is 17.8 Å². The van der Waals surface area contributed by atoms with Gasteiger partial charge >= 0.3 is 6.01 Å². The first-order valence-electron chi connectivity index (χ1n) is 7.23. The normalized spacial score (nSPS) is 16.1. The third-order valence-corrected chi connectivity index (χ3v) is 3.95. The molecule has 0 unspecified atom stereocenters. The Balaban J connectivity index is 1.83. The van der Waals surface area contributed by atoms with Crippen LogP contribution in [0.15, 0.2) is 0 Å². The van der Waals surface area contributed by atoms with E-state index < -0.39 is 0 Å². The minimum absolute atomic E-state index is 0.0753. The average molecular weight is 277 g/mol. The number of aromatic nitrogens is 2. The number of carbonyl (C=O) groups excluding carboxylic acids is 1. The Labute approximate surface area is 120 Å². The molecule has 0 aromatic carbocycles. The zero-order valence-electron chi connectivity index (χ0n) is 12.5. The fourth-order valence-electron chi connectivity index (χ4n) is 2.42. The van der Waals surface area contributed by atoms with Gasteiger partial charge in [-0.15, -0.1) is 0 Å². The van der Waals surface area contributed by atoms with E-state index in [1.165, 1.54) is 0 Å². The van der Waals surface area contributed by atoms with Crippen molar-refractivity contribution in [1.82, 2.24) is 15.3 Å². The highest BCUT2D eigenvalue weighted by Gasteiger charge is 2.17. The summed E-state index contributed by atoms with van der Waals surface area (Å²) in [6.45, 7) is 7.93. The van der Waals surface area contributed by atoms with Crippen molar-refractivity contribution in [3.05, 3.63) is 17.0 Å². The summed E-state index contributed by atoms with van der Waals surface area (Å²) in [4.78, 5) is 20.4. The second-order valence-corrected chi connectivity index (χ2v) is 5.53. The molecule has 1 aliphatic heterocycles. The Kier molecular flexibility index (Phi) is 5.06. The summed E-state index contributed by atoms with van der Waals surface area (Å²) in [6.07, 6.45) is 2.75. The van der Waals surface area contributed by atoms with E-state index in [0.717, 1.165) is 42.9 Å². The number of piperidine rings is 1. The smallest absolute Gasteiger partial charge is 0.317 e. The van der Waals surface area contributed by atoms with Gasteiger partial charge in [0.2, 0.25) is 0 Å². The lowest BCUT2D eigenvalue weighted by Crippen LogP contribution is -2.29. The number of hydrogen-bond acceptors (Lipinski definition) is 5. The number of nitrogens with one attached hydrogen (secondary N) is 1. The van der Waals surface area contributed by atoms with Gasteiger partial charge in [-0.25, -0.2) is 9.97 Å². The number of aryl methyl sites for hydroxylation is 2. The van der Waals surface area contributed by atoms with Crippen molar-refractivity contribution in [2.24, 2.45) is 5.92 Å². The van der Waals surface area contributed by atoms with Gasteiger partial charge in [0.25, 0.3) is 0 Å². The number of carbonyl (C=O) groups is 1. The highest BCUT2D eigenvalue weighted by molar-refractivity contribution is 5.80. The summed E-state index contributed by atoms with van der Waals surface area (Å²) in [7, 11) is 0. The monoisotopic (exact) mass is 277 g/mol. The Morgan fingerprint density at radius 1 is 1.20 bits per heavy atom. The number of Topliss-reactive ketones (excluding diaryl/α,β-unsaturated/α-hetero) is 1. The van der Waals surface area contributed by atoms with Crippen molar-refractivity contribution >= 4 is 5.78 Å². The Morgan fingerprint density at radius 2 is 1.80 bits per heavy atom. The third kappa shape index (κ3) is 4.00. The molecule has 1 aliphatic rings. The van der Waals surface area contributed by atoms with Crippen molar-refractivity contribution in [3.63, 3.8) is 0 Å². The van der Waals surface area contributed by atoms with Gasteiger partial charge in [-0.05, 0) is 58.2 Å². The summed E-state index contributed by atoms with van der Waals surface area (Å²) < 4.78 is 5.44. The van der Waals surface area contributed by atoms with E-state index in [2.05, 4.69) is 15.3 Å². The van der Waals surface area contributed by atoms with E-state index in [0.29, 0.717) is 18.3 Å². The fourth-order valence-corrected chi connectivity index (χ4v) is 2.42. The van der Waals surface area contributed by atoms with Crippen LogP contribution >= 0.6 is 0 Å². The molecule has 5 nitrogen and oxygen atoms in total. The molecule has 0 bridgehead atoms. The van der Waals surface area contributed by atoms with Gasteiger partial charge < -0.3 is 10.1 Å². The zero-order chi connectivity index (χ0) is 14.5. The lowest BCUT2D eigenvalue weighted by Gasteiger charge is -2.21. The summed E-state index contributed by atoms with van der Waals surface area (Å²) in [6, 6.07) is 0.310. The number of hydrogen-bond donors (Lipinski definition) is 1. The first kappa shape index (κ1) is 14.9. The van der Waals surface area contributed by atoms with Crippen LogP contribution in [-0.2, 0) is 4.79 Å². The van der Waals surface area contributed by atoms with Crippen LogP contribution in [0.25, 0.3) is 0 Å². The second kappa shape index (κ2) is 6.79. The van der Waals surface area contributed by atoms with Crippen LogP contribution in [0.4, 0.5) is 0 Å². The minimum atomic E-state index is 0.0753. The van der Waals surface area contributed by atoms with Crippen LogP contribution in [0.3, 0.4) is 0 Å². The molecule has 0 aliphatic carbocycles. The molecule has 0 spiro atoms.